The van der Waals surface area contributed by atoms with E-state index in [1.54, 1.807) is 13.3 Å². The van der Waals surface area contributed by atoms with E-state index < -0.39 is 7.14 Å². The molecule has 1 saturated heterocycles. The summed E-state index contributed by atoms with van der Waals surface area (Å²) in [5.41, 5.74) is 0. The SMILES string of the molecule is CN1CCNC(Nc2nnc(Cl)c3ccc(P(C)(C)=O)cc23)C1. The topological polar surface area (TPSA) is 70.2 Å². The smallest absolute Gasteiger partial charge is 0.159 e. The van der Waals surface area contributed by atoms with Crippen LogP contribution in [0.25, 0.3) is 10.8 Å². The van der Waals surface area contributed by atoms with Crippen LogP contribution in [-0.4, -0.2) is 61.3 Å². The minimum Gasteiger partial charge on any atom is -0.352 e. The zero-order valence-corrected chi connectivity index (χ0v) is 15.2. The minimum absolute atomic E-state index is 0.0890. The number of hydrogen-bond acceptors (Lipinski definition) is 6. The second kappa shape index (κ2) is 6.36. The highest BCUT2D eigenvalue weighted by atomic mass is 35.5. The van der Waals surface area contributed by atoms with Crippen LogP contribution in [0.2, 0.25) is 5.15 Å². The van der Waals surface area contributed by atoms with Crippen molar-refractivity contribution in [3.63, 3.8) is 0 Å². The summed E-state index contributed by atoms with van der Waals surface area (Å²) >= 11 is 6.17. The van der Waals surface area contributed by atoms with Gasteiger partial charge in [0.1, 0.15) is 7.14 Å². The Hall–Kier alpha value is -1.20. The minimum atomic E-state index is -2.35. The van der Waals surface area contributed by atoms with Crippen molar-refractivity contribution < 1.29 is 4.57 Å². The molecule has 0 radical (unpaired) electrons. The molecule has 0 spiro atoms. The van der Waals surface area contributed by atoms with Crippen LogP contribution in [0, 0.1) is 0 Å². The highest BCUT2D eigenvalue weighted by Gasteiger charge is 2.19. The number of benzene rings is 1. The maximum atomic E-state index is 12.4. The van der Waals surface area contributed by atoms with Crippen molar-refractivity contribution in [1.82, 2.24) is 20.4 Å². The molecule has 2 heterocycles. The third kappa shape index (κ3) is 3.66. The highest BCUT2D eigenvalue weighted by molar-refractivity contribution is 7.70. The Morgan fingerprint density at radius 1 is 1.35 bits per heavy atom. The van der Waals surface area contributed by atoms with Crippen molar-refractivity contribution >= 4 is 40.6 Å². The Morgan fingerprint density at radius 2 is 2.13 bits per heavy atom. The van der Waals surface area contributed by atoms with Crippen LogP contribution in [0.5, 0.6) is 0 Å². The van der Waals surface area contributed by atoms with Crippen LogP contribution < -0.4 is 15.9 Å². The first kappa shape index (κ1) is 16.7. The van der Waals surface area contributed by atoms with Gasteiger partial charge in [0.05, 0.1) is 6.17 Å². The average molecular weight is 354 g/mol. The van der Waals surface area contributed by atoms with Crippen molar-refractivity contribution in [2.45, 2.75) is 6.17 Å². The quantitative estimate of drug-likeness (QED) is 0.820. The summed E-state index contributed by atoms with van der Waals surface area (Å²) in [6.45, 7) is 6.32. The number of rotatable bonds is 3. The molecule has 23 heavy (non-hydrogen) atoms. The fourth-order valence-corrected chi connectivity index (χ4v) is 3.79. The molecule has 0 bridgehead atoms. The number of likely N-dealkylation sites (N-methyl/N-ethyl adjacent to an activating group) is 1. The Labute approximate surface area is 141 Å². The van der Waals surface area contributed by atoms with Crippen LogP contribution in [0.4, 0.5) is 5.82 Å². The third-order valence-electron chi connectivity index (χ3n) is 4.03. The largest absolute Gasteiger partial charge is 0.352 e. The third-order valence-corrected chi connectivity index (χ3v) is 5.83. The van der Waals surface area contributed by atoms with Gasteiger partial charge < -0.3 is 14.8 Å². The standard InChI is InChI=1S/C15H21ClN5OP/c1-21-7-6-17-13(9-21)18-15-12-8-10(23(2,3)22)4-5-11(12)14(16)19-20-15/h4-5,8,13,17H,6-7,9H2,1-3H3,(H,18,20). The van der Waals surface area contributed by atoms with Gasteiger partial charge in [-0.05, 0) is 26.4 Å². The molecule has 0 amide bonds. The molecule has 124 valence electrons. The molecule has 8 heteroatoms. The second-order valence-electron chi connectivity index (χ2n) is 6.33. The Kier molecular flexibility index (Phi) is 4.61. The normalized spacial score (nSPS) is 19.9. The Bertz CT molecular complexity index is 778. The van der Waals surface area contributed by atoms with Gasteiger partial charge in [0.15, 0.2) is 11.0 Å². The van der Waals surface area contributed by atoms with Crippen molar-refractivity contribution in [1.29, 1.82) is 0 Å². The summed E-state index contributed by atoms with van der Waals surface area (Å²) in [6.07, 6.45) is 0.0890. The van der Waals surface area contributed by atoms with Crippen LogP contribution in [0.15, 0.2) is 18.2 Å². The van der Waals surface area contributed by atoms with Gasteiger partial charge in [-0.2, -0.15) is 0 Å². The van der Waals surface area contributed by atoms with Crippen LogP contribution in [0.3, 0.4) is 0 Å². The molecule has 1 aliphatic heterocycles. The predicted molar refractivity (Wildman–Crippen MR) is 96.5 cm³/mol. The van der Waals surface area contributed by atoms with E-state index in [1.165, 1.54) is 0 Å². The molecule has 0 aliphatic carbocycles. The average Bonchev–Trinajstić information content (AvgIpc) is 2.49. The monoisotopic (exact) mass is 353 g/mol. The van der Waals surface area contributed by atoms with Crippen LogP contribution in [-0.2, 0) is 4.57 Å². The first-order valence-electron chi connectivity index (χ1n) is 7.54. The molecular formula is C15H21ClN5OP. The van der Waals surface area contributed by atoms with Gasteiger partial charge in [0.25, 0.3) is 0 Å². The van der Waals surface area contributed by atoms with Crippen molar-refractivity contribution in [3.05, 3.63) is 23.4 Å². The molecule has 3 rings (SSSR count). The predicted octanol–water partition coefficient (Wildman–Crippen LogP) is 1.80. The van der Waals surface area contributed by atoms with Crippen LogP contribution in [0.1, 0.15) is 0 Å². The van der Waals surface area contributed by atoms with E-state index >= 15 is 0 Å². The molecule has 1 aromatic heterocycles. The lowest BCUT2D eigenvalue weighted by atomic mass is 10.2. The van der Waals surface area contributed by atoms with Gasteiger partial charge in [-0.1, -0.05) is 23.7 Å². The number of anilines is 1. The molecule has 1 aliphatic rings. The zero-order valence-electron chi connectivity index (χ0n) is 13.5. The van der Waals surface area contributed by atoms with Gasteiger partial charge in [0.2, 0.25) is 0 Å². The van der Waals surface area contributed by atoms with Crippen LogP contribution >= 0.6 is 18.7 Å². The van der Waals surface area contributed by atoms with E-state index in [0.29, 0.717) is 11.0 Å². The zero-order chi connectivity index (χ0) is 16.6. The lowest BCUT2D eigenvalue weighted by Gasteiger charge is -2.31. The summed E-state index contributed by atoms with van der Waals surface area (Å²) < 4.78 is 12.4. The number of hydrogen-bond donors (Lipinski definition) is 2. The van der Waals surface area contributed by atoms with Crippen molar-refractivity contribution in [3.8, 4) is 0 Å². The lowest BCUT2D eigenvalue weighted by molar-refractivity contribution is 0.252. The Morgan fingerprint density at radius 3 is 2.83 bits per heavy atom. The number of halogens is 1. The van der Waals surface area contributed by atoms with E-state index in [1.807, 2.05) is 18.2 Å². The summed E-state index contributed by atoms with van der Waals surface area (Å²) in [5, 5.41) is 17.9. The molecule has 0 saturated carbocycles. The molecule has 1 fully saturated rings. The van der Waals surface area contributed by atoms with E-state index in [2.05, 4.69) is 32.8 Å². The van der Waals surface area contributed by atoms with E-state index in [-0.39, 0.29) is 6.17 Å². The van der Waals surface area contributed by atoms with Gasteiger partial charge in [-0.25, -0.2) is 0 Å². The summed E-state index contributed by atoms with van der Waals surface area (Å²) in [4.78, 5) is 2.25. The van der Waals surface area contributed by atoms with E-state index in [4.69, 9.17) is 11.6 Å². The summed E-state index contributed by atoms with van der Waals surface area (Å²) in [7, 11) is -0.266. The lowest BCUT2D eigenvalue weighted by Crippen LogP contribution is -2.52. The molecule has 1 unspecified atom stereocenters. The first-order chi connectivity index (χ1) is 10.8. The van der Waals surface area contributed by atoms with E-state index in [0.717, 1.165) is 35.7 Å². The second-order valence-corrected chi connectivity index (χ2v) is 9.91. The fraction of sp³-hybridized carbons (Fsp3) is 0.467. The molecule has 2 aromatic rings. The molecule has 2 N–H and O–H groups in total. The van der Waals surface area contributed by atoms with Gasteiger partial charge >= 0.3 is 0 Å². The van der Waals surface area contributed by atoms with E-state index in [9.17, 15) is 4.57 Å². The molecular weight excluding hydrogens is 333 g/mol. The van der Waals surface area contributed by atoms with Gasteiger partial charge in [-0.3, -0.25) is 5.32 Å². The number of aromatic nitrogens is 2. The maximum absolute atomic E-state index is 12.4. The number of nitrogens with zero attached hydrogens (tertiary/aromatic N) is 3. The van der Waals surface area contributed by atoms with Gasteiger partial charge in [-0.15, -0.1) is 10.2 Å². The summed E-state index contributed by atoms with van der Waals surface area (Å²) in [6, 6.07) is 5.63. The molecule has 6 nitrogen and oxygen atoms in total. The fourth-order valence-electron chi connectivity index (χ4n) is 2.71. The number of piperazine rings is 1. The number of nitrogens with one attached hydrogen (secondary N) is 2. The van der Waals surface area contributed by atoms with Gasteiger partial charge in [0, 0.05) is 35.7 Å². The molecule has 1 atom stereocenters. The first-order valence-corrected chi connectivity index (χ1v) is 10.5. The molecule has 1 aromatic carbocycles. The summed E-state index contributed by atoms with van der Waals surface area (Å²) in [5.74, 6) is 0.660. The van der Waals surface area contributed by atoms with Crippen molar-refractivity contribution in [2.75, 3.05) is 45.3 Å². The number of fused-ring (bicyclic) bond motifs is 1. The van der Waals surface area contributed by atoms with Crippen molar-refractivity contribution in [2.24, 2.45) is 0 Å². The highest BCUT2D eigenvalue weighted by Crippen LogP contribution is 2.37. The Balaban J connectivity index is 2.02. The maximum Gasteiger partial charge on any atom is 0.159 e.